The molecule has 6 nitrogen and oxygen atoms in total. The number of nitrogens with zero attached hydrogens (tertiary/aromatic N) is 4. The van der Waals surface area contributed by atoms with E-state index in [0.717, 1.165) is 39.0 Å². The maximum absolute atomic E-state index is 12.9. The van der Waals surface area contributed by atoms with Crippen LogP contribution < -0.4 is 5.32 Å². The van der Waals surface area contributed by atoms with E-state index in [2.05, 4.69) is 28.7 Å². The smallest absolute Gasteiger partial charge is 0.275 e. The van der Waals surface area contributed by atoms with Gasteiger partial charge in [0, 0.05) is 35.9 Å². The largest absolute Gasteiger partial charge is 0.331 e. The summed E-state index contributed by atoms with van der Waals surface area (Å²) in [5, 5.41) is 3.79. The van der Waals surface area contributed by atoms with Crippen LogP contribution in [0.25, 0.3) is 16.2 Å². The Balaban J connectivity index is 1.63. The van der Waals surface area contributed by atoms with Crippen LogP contribution in [0.1, 0.15) is 47.9 Å². The molecular weight excluding hydrogens is 370 g/mol. The van der Waals surface area contributed by atoms with Crippen molar-refractivity contribution in [1.82, 2.24) is 19.1 Å². The Kier molecular flexibility index (Phi) is 4.77. The number of anilines is 1. The number of hydrogen-bond acceptors (Lipinski definition) is 4. The normalized spacial score (nSPS) is 11.5. The average molecular weight is 394 g/mol. The highest BCUT2D eigenvalue weighted by molar-refractivity contribution is 7.14. The van der Waals surface area contributed by atoms with Gasteiger partial charge in [0.15, 0.2) is 5.13 Å². The third-order valence-corrected chi connectivity index (χ3v) is 5.95. The number of carbonyl (C=O) groups is 1. The van der Waals surface area contributed by atoms with E-state index in [0.29, 0.717) is 11.6 Å². The number of amides is 1. The Morgan fingerprint density at radius 1 is 1.21 bits per heavy atom. The molecule has 144 valence electrons. The number of nitrogens with one attached hydrogen (secondary N) is 1. The Morgan fingerprint density at radius 2 is 1.96 bits per heavy atom. The van der Waals surface area contributed by atoms with E-state index < -0.39 is 0 Å². The zero-order valence-electron chi connectivity index (χ0n) is 16.4. The molecule has 0 atom stereocenters. The third kappa shape index (κ3) is 3.22. The summed E-state index contributed by atoms with van der Waals surface area (Å²) in [6.07, 6.45) is 4.63. The number of benzene rings is 1. The molecule has 4 rings (SSSR count). The monoisotopic (exact) mass is 393 g/mol. The minimum Gasteiger partial charge on any atom is -0.331 e. The standard InChI is InChI=1S/C21H23N5OS/c1-5-17-18(24-21(28-17)26-10-6-7-11-26)20(27)22-14-8-9-16-15(12-14)23-19(13(2)3)25(16)4/h6-13H,5H2,1-4H3,(H,22,27). The van der Waals surface area contributed by atoms with Crippen LogP contribution in [0.4, 0.5) is 5.69 Å². The number of carbonyl (C=O) groups excluding carboxylic acids is 1. The lowest BCUT2D eigenvalue weighted by molar-refractivity contribution is 0.102. The molecule has 0 aliphatic rings. The van der Waals surface area contributed by atoms with Crippen LogP contribution in [0, 0.1) is 0 Å². The van der Waals surface area contributed by atoms with Crippen molar-refractivity contribution in [3.05, 3.63) is 59.1 Å². The Morgan fingerprint density at radius 3 is 2.64 bits per heavy atom. The van der Waals surface area contributed by atoms with Crippen LogP contribution in [-0.2, 0) is 13.5 Å². The van der Waals surface area contributed by atoms with Gasteiger partial charge >= 0.3 is 0 Å². The molecule has 0 saturated heterocycles. The molecule has 0 aliphatic carbocycles. The molecule has 1 amide bonds. The number of hydrogen-bond donors (Lipinski definition) is 1. The third-order valence-electron chi connectivity index (χ3n) is 4.74. The van der Waals surface area contributed by atoms with Crippen molar-refractivity contribution in [2.24, 2.45) is 7.05 Å². The minimum absolute atomic E-state index is 0.189. The van der Waals surface area contributed by atoms with Gasteiger partial charge in [-0.05, 0) is 36.8 Å². The molecule has 7 heteroatoms. The molecule has 1 N–H and O–H groups in total. The summed E-state index contributed by atoms with van der Waals surface area (Å²) in [6.45, 7) is 6.29. The van der Waals surface area contributed by atoms with Gasteiger partial charge in [-0.25, -0.2) is 9.97 Å². The van der Waals surface area contributed by atoms with Gasteiger partial charge in [-0.2, -0.15) is 0 Å². The number of fused-ring (bicyclic) bond motifs is 1. The quantitative estimate of drug-likeness (QED) is 0.532. The Hall–Kier alpha value is -2.93. The van der Waals surface area contributed by atoms with Crippen molar-refractivity contribution >= 4 is 34.0 Å². The van der Waals surface area contributed by atoms with Crippen molar-refractivity contribution in [3.8, 4) is 5.13 Å². The first-order chi connectivity index (χ1) is 13.5. The molecular formula is C21H23N5OS. The van der Waals surface area contributed by atoms with Crippen molar-refractivity contribution in [2.75, 3.05) is 5.32 Å². The lowest BCUT2D eigenvalue weighted by Gasteiger charge is -2.05. The highest BCUT2D eigenvalue weighted by Crippen LogP contribution is 2.26. The van der Waals surface area contributed by atoms with Crippen LogP contribution in [0.15, 0.2) is 42.7 Å². The summed E-state index contributed by atoms with van der Waals surface area (Å²) < 4.78 is 4.03. The molecule has 1 aromatic carbocycles. The summed E-state index contributed by atoms with van der Waals surface area (Å²) >= 11 is 1.54. The number of thiazole rings is 1. The second-order valence-electron chi connectivity index (χ2n) is 7.05. The average Bonchev–Trinajstić information content (AvgIpc) is 3.39. The number of imidazole rings is 1. The summed E-state index contributed by atoms with van der Waals surface area (Å²) in [7, 11) is 2.02. The van der Waals surface area contributed by atoms with E-state index in [1.54, 1.807) is 11.3 Å². The summed E-state index contributed by atoms with van der Waals surface area (Å²) in [6, 6.07) is 9.72. The van der Waals surface area contributed by atoms with Crippen LogP contribution in [0.3, 0.4) is 0 Å². The molecule has 0 bridgehead atoms. The zero-order chi connectivity index (χ0) is 19.8. The van der Waals surface area contributed by atoms with E-state index >= 15 is 0 Å². The maximum Gasteiger partial charge on any atom is 0.275 e. The molecule has 0 unspecified atom stereocenters. The van der Waals surface area contributed by atoms with Gasteiger partial charge in [0.2, 0.25) is 0 Å². The van der Waals surface area contributed by atoms with Gasteiger partial charge in [0.05, 0.1) is 11.0 Å². The van der Waals surface area contributed by atoms with E-state index in [9.17, 15) is 4.79 Å². The number of rotatable bonds is 5. The highest BCUT2D eigenvalue weighted by Gasteiger charge is 2.19. The molecule has 0 aliphatic heterocycles. The number of aromatic nitrogens is 4. The minimum atomic E-state index is -0.189. The van der Waals surface area contributed by atoms with Gasteiger partial charge in [0.1, 0.15) is 11.5 Å². The Labute approximate surface area is 167 Å². The van der Waals surface area contributed by atoms with Crippen molar-refractivity contribution in [1.29, 1.82) is 0 Å². The first-order valence-electron chi connectivity index (χ1n) is 9.38. The predicted molar refractivity (Wildman–Crippen MR) is 114 cm³/mol. The van der Waals surface area contributed by atoms with Crippen LogP contribution >= 0.6 is 11.3 Å². The van der Waals surface area contributed by atoms with Crippen molar-refractivity contribution in [2.45, 2.75) is 33.1 Å². The van der Waals surface area contributed by atoms with Crippen molar-refractivity contribution < 1.29 is 4.79 Å². The second-order valence-corrected chi connectivity index (χ2v) is 8.12. The van der Waals surface area contributed by atoms with Gasteiger partial charge in [-0.15, -0.1) is 11.3 Å². The van der Waals surface area contributed by atoms with Crippen LogP contribution in [0.2, 0.25) is 0 Å². The number of aryl methyl sites for hydroxylation is 2. The summed E-state index contributed by atoms with van der Waals surface area (Å²) in [4.78, 5) is 23.2. The lowest BCUT2D eigenvalue weighted by Crippen LogP contribution is -2.14. The SMILES string of the molecule is CCc1sc(-n2cccc2)nc1C(=O)Nc1ccc2c(c1)nc(C(C)C)n2C. The zero-order valence-corrected chi connectivity index (χ0v) is 17.2. The molecule has 3 heterocycles. The Bertz CT molecular complexity index is 1140. The van der Waals surface area contributed by atoms with Crippen LogP contribution in [-0.4, -0.2) is 25.0 Å². The van der Waals surface area contributed by atoms with Crippen molar-refractivity contribution in [3.63, 3.8) is 0 Å². The molecule has 3 aromatic heterocycles. The lowest BCUT2D eigenvalue weighted by atomic mass is 10.2. The molecule has 0 saturated carbocycles. The molecule has 0 fully saturated rings. The van der Waals surface area contributed by atoms with E-state index in [-0.39, 0.29) is 5.91 Å². The topological polar surface area (TPSA) is 64.7 Å². The van der Waals surface area contributed by atoms with E-state index in [1.165, 1.54) is 0 Å². The van der Waals surface area contributed by atoms with Gasteiger partial charge in [0.25, 0.3) is 5.91 Å². The summed E-state index contributed by atoms with van der Waals surface area (Å²) in [5.74, 6) is 1.18. The van der Waals surface area contributed by atoms with Crippen LogP contribution in [0.5, 0.6) is 0 Å². The molecule has 0 radical (unpaired) electrons. The first-order valence-corrected chi connectivity index (χ1v) is 10.2. The predicted octanol–water partition coefficient (Wildman–Crippen LogP) is 4.76. The fraction of sp³-hybridized carbons (Fsp3) is 0.286. The second kappa shape index (κ2) is 7.24. The van der Waals surface area contributed by atoms with Gasteiger partial charge in [-0.1, -0.05) is 20.8 Å². The highest BCUT2D eigenvalue weighted by atomic mass is 32.1. The first kappa shape index (κ1) is 18.4. The summed E-state index contributed by atoms with van der Waals surface area (Å²) in [5.41, 5.74) is 3.15. The maximum atomic E-state index is 12.9. The van der Waals surface area contributed by atoms with Gasteiger partial charge < -0.3 is 14.5 Å². The van der Waals surface area contributed by atoms with Gasteiger partial charge in [-0.3, -0.25) is 4.79 Å². The molecule has 4 aromatic rings. The molecule has 0 spiro atoms. The molecule has 28 heavy (non-hydrogen) atoms. The fourth-order valence-corrected chi connectivity index (χ4v) is 4.30. The van der Waals surface area contributed by atoms with E-state index in [4.69, 9.17) is 4.98 Å². The fourth-order valence-electron chi connectivity index (χ4n) is 3.33. The van der Waals surface area contributed by atoms with E-state index in [1.807, 2.05) is 61.3 Å².